The fourth-order valence-corrected chi connectivity index (χ4v) is 4.15. The van der Waals surface area contributed by atoms with Gasteiger partial charge in [0.1, 0.15) is 4.21 Å². The lowest BCUT2D eigenvalue weighted by atomic mass is 10.4. The summed E-state index contributed by atoms with van der Waals surface area (Å²) in [5.74, 6) is 0. The third kappa shape index (κ3) is 2.75. The highest BCUT2D eigenvalue weighted by molar-refractivity contribution is 7.92. The van der Waals surface area contributed by atoms with Gasteiger partial charge in [0.2, 0.25) is 20.0 Å². The standard InChI is InChI=1S/C6H10N2O4S3/c1-2-4-5(14(7,9)10)3-6(13-4)15(8,11)12/h3H,2H2,1H3,(H2,7,9,10)(H2,8,11,12). The van der Waals surface area contributed by atoms with E-state index in [-0.39, 0.29) is 9.10 Å². The van der Waals surface area contributed by atoms with Crippen molar-refractivity contribution in [3.63, 3.8) is 0 Å². The number of nitrogens with two attached hydrogens (primary N) is 2. The van der Waals surface area contributed by atoms with E-state index < -0.39 is 20.0 Å². The van der Waals surface area contributed by atoms with Crippen LogP contribution < -0.4 is 10.3 Å². The van der Waals surface area contributed by atoms with Crippen LogP contribution in [0.15, 0.2) is 15.2 Å². The quantitative estimate of drug-likeness (QED) is 0.776. The van der Waals surface area contributed by atoms with Crippen molar-refractivity contribution >= 4 is 31.4 Å². The van der Waals surface area contributed by atoms with E-state index in [2.05, 4.69) is 0 Å². The molecular formula is C6H10N2O4S3. The Balaban J connectivity index is 3.51. The first-order chi connectivity index (χ1) is 6.66. The van der Waals surface area contributed by atoms with Crippen LogP contribution in [0.25, 0.3) is 0 Å². The lowest BCUT2D eigenvalue weighted by molar-refractivity contribution is 0.597. The van der Waals surface area contributed by atoms with Gasteiger partial charge < -0.3 is 0 Å². The van der Waals surface area contributed by atoms with E-state index in [1.165, 1.54) is 0 Å². The molecule has 0 unspecified atom stereocenters. The first-order valence-corrected chi connectivity index (χ1v) is 7.75. The van der Waals surface area contributed by atoms with E-state index in [9.17, 15) is 16.8 Å². The predicted octanol–water partition coefficient (Wildman–Crippen LogP) is -0.395. The molecule has 0 atom stereocenters. The van der Waals surface area contributed by atoms with Crippen LogP contribution in [0.5, 0.6) is 0 Å². The Kier molecular flexibility index (Phi) is 3.22. The van der Waals surface area contributed by atoms with Crippen LogP contribution in [-0.4, -0.2) is 16.8 Å². The van der Waals surface area contributed by atoms with Crippen LogP contribution >= 0.6 is 11.3 Å². The normalized spacial score (nSPS) is 13.0. The van der Waals surface area contributed by atoms with Crippen molar-refractivity contribution < 1.29 is 16.8 Å². The van der Waals surface area contributed by atoms with Gasteiger partial charge in [-0.2, -0.15) is 0 Å². The molecule has 0 spiro atoms. The first kappa shape index (κ1) is 12.6. The maximum absolute atomic E-state index is 11.1. The van der Waals surface area contributed by atoms with Gasteiger partial charge in [-0.3, -0.25) is 0 Å². The number of thiophene rings is 1. The average molecular weight is 270 g/mol. The molecule has 0 fully saturated rings. The molecule has 0 aliphatic carbocycles. The van der Waals surface area contributed by atoms with E-state index in [1.807, 2.05) is 0 Å². The number of sulfonamides is 2. The molecule has 1 aromatic rings. The van der Waals surface area contributed by atoms with Gasteiger partial charge in [-0.05, 0) is 12.5 Å². The van der Waals surface area contributed by atoms with Gasteiger partial charge in [-0.1, -0.05) is 6.92 Å². The number of aryl methyl sites for hydroxylation is 1. The lowest BCUT2D eigenvalue weighted by Crippen LogP contribution is -2.13. The van der Waals surface area contributed by atoms with Crippen LogP contribution in [0.1, 0.15) is 11.8 Å². The van der Waals surface area contributed by atoms with E-state index in [1.54, 1.807) is 6.92 Å². The van der Waals surface area contributed by atoms with Crippen LogP contribution in [0.4, 0.5) is 0 Å². The zero-order valence-corrected chi connectivity index (χ0v) is 10.2. The van der Waals surface area contributed by atoms with Crippen LogP contribution in [0.2, 0.25) is 0 Å². The second-order valence-electron chi connectivity index (χ2n) is 2.80. The van der Waals surface area contributed by atoms with Crippen LogP contribution in [0.3, 0.4) is 0 Å². The molecule has 0 saturated heterocycles. The van der Waals surface area contributed by atoms with Gasteiger partial charge in [0.15, 0.2) is 0 Å². The van der Waals surface area contributed by atoms with Gasteiger partial charge in [0.25, 0.3) is 0 Å². The van der Waals surface area contributed by atoms with E-state index >= 15 is 0 Å². The zero-order valence-electron chi connectivity index (χ0n) is 7.80. The summed E-state index contributed by atoms with van der Waals surface area (Å²) < 4.78 is 44.0. The number of hydrogen-bond donors (Lipinski definition) is 2. The van der Waals surface area contributed by atoms with E-state index in [0.717, 1.165) is 17.4 Å². The molecule has 0 saturated carbocycles. The fourth-order valence-electron chi connectivity index (χ4n) is 1.02. The van der Waals surface area contributed by atoms with Gasteiger partial charge in [-0.15, -0.1) is 11.3 Å². The Morgan fingerprint density at radius 2 is 1.73 bits per heavy atom. The average Bonchev–Trinajstić information content (AvgIpc) is 2.44. The predicted molar refractivity (Wildman–Crippen MR) is 56.4 cm³/mol. The van der Waals surface area contributed by atoms with E-state index in [0.29, 0.717) is 11.3 Å². The molecule has 0 aliphatic heterocycles. The number of rotatable bonds is 3. The molecule has 0 aliphatic rings. The molecule has 4 N–H and O–H groups in total. The second kappa shape index (κ2) is 3.83. The minimum Gasteiger partial charge on any atom is -0.225 e. The Labute approximate surface area is 92.0 Å². The van der Waals surface area contributed by atoms with Crippen molar-refractivity contribution in [1.82, 2.24) is 0 Å². The summed E-state index contributed by atoms with van der Waals surface area (Å²) in [6, 6.07) is 0.994. The van der Waals surface area contributed by atoms with Gasteiger partial charge in [0, 0.05) is 4.88 Å². The molecule has 15 heavy (non-hydrogen) atoms. The van der Waals surface area contributed by atoms with Crippen molar-refractivity contribution in [3.05, 3.63) is 10.9 Å². The summed E-state index contributed by atoms with van der Waals surface area (Å²) in [4.78, 5) is 0.223. The monoisotopic (exact) mass is 270 g/mol. The molecule has 1 heterocycles. The topological polar surface area (TPSA) is 120 Å². The maximum atomic E-state index is 11.1. The lowest BCUT2D eigenvalue weighted by Gasteiger charge is -1.95. The Morgan fingerprint density at radius 3 is 2.00 bits per heavy atom. The SMILES string of the molecule is CCc1sc(S(N)(=O)=O)cc1S(N)(=O)=O. The van der Waals surface area contributed by atoms with Gasteiger partial charge >= 0.3 is 0 Å². The molecule has 0 bridgehead atoms. The molecule has 86 valence electrons. The second-order valence-corrected chi connectivity index (χ2v) is 7.25. The molecule has 0 aromatic carbocycles. The highest BCUT2D eigenvalue weighted by atomic mass is 32.2. The summed E-state index contributed by atoms with van der Waals surface area (Å²) in [6.07, 6.45) is 0.381. The molecule has 6 nitrogen and oxygen atoms in total. The first-order valence-electron chi connectivity index (χ1n) is 3.84. The summed E-state index contributed by atoms with van der Waals surface area (Å²) in [5.41, 5.74) is 0. The molecule has 0 amide bonds. The highest BCUT2D eigenvalue weighted by Gasteiger charge is 2.21. The largest absolute Gasteiger partial charge is 0.247 e. The summed E-state index contributed by atoms with van der Waals surface area (Å²) in [6.45, 7) is 1.70. The molecular weight excluding hydrogens is 260 g/mol. The smallest absolute Gasteiger partial charge is 0.225 e. The maximum Gasteiger partial charge on any atom is 0.247 e. The highest BCUT2D eigenvalue weighted by Crippen LogP contribution is 2.28. The summed E-state index contributed by atoms with van der Waals surface area (Å²) in [7, 11) is -7.77. The molecule has 1 aromatic heterocycles. The third-order valence-electron chi connectivity index (χ3n) is 1.66. The van der Waals surface area contributed by atoms with Crippen LogP contribution in [-0.2, 0) is 26.5 Å². The fraction of sp³-hybridized carbons (Fsp3) is 0.333. The number of hydrogen-bond acceptors (Lipinski definition) is 5. The Morgan fingerprint density at radius 1 is 1.20 bits per heavy atom. The van der Waals surface area contributed by atoms with Crippen molar-refractivity contribution in [2.24, 2.45) is 10.3 Å². The Hall–Kier alpha value is -0.480. The minimum absolute atomic E-state index is 0.168. The van der Waals surface area contributed by atoms with E-state index in [4.69, 9.17) is 10.3 Å². The minimum atomic E-state index is -3.89. The number of primary sulfonamides is 2. The van der Waals surface area contributed by atoms with Gasteiger partial charge in [0.05, 0.1) is 4.90 Å². The molecule has 9 heteroatoms. The molecule has 0 radical (unpaired) electrons. The summed E-state index contributed by atoms with van der Waals surface area (Å²) in [5, 5.41) is 9.82. The zero-order chi connectivity index (χ0) is 11.9. The molecule has 1 rings (SSSR count). The third-order valence-corrected chi connectivity index (χ3v) is 5.46. The van der Waals surface area contributed by atoms with Crippen molar-refractivity contribution in [3.8, 4) is 0 Å². The van der Waals surface area contributed by atoms with Crippen molar-refractivity contribution in [2.75, 3.05) is 0 Å². The van der Waals surface area contributed by atoms with Crippen LogP contribution in [0, 0.1) is 0 Å². The van der Waals surface area contributed by atoms with Gasteiger partial charge in [-0.25, -0.2) is 27.1 Å². The summed E-state index contributed by atoms with van der Waals surface area (Å²) >= 11 is 0.821. The Bertz CT molecular complexity index is 570. The van der Waals surface area contributed by atoms with Crippen molar-refractivity contribution in [2.45, 2.75) is 22.4 Å². The van der Waals surface area contributed by atoms with Crippen molar-refractivity contribution in [1.29, 1.82) is 0 Å².